The van der Waals surface area contributed by atoms with Crippen molar-refractivity contribution in [2.24, 2.45) is 5.10 Å². The Kier molecular flexibility index (Phi) is 8.41. The fourth-order valence-electron chi connectivity index (χ4n) is 2.81. The van der Waals surface area contributed by atoms with Gasteiger partial charge in [0, 0.05) is 0 Å². The highest BCUT2D eigenvalue weighted by atomic mass is 16.5. The molecule has 0 aromatic heterocycles. The number of hydrogen-bond acceptors (Lipinski definition) is 6. The summed E-state index contributed by atoms with van der Waals surface area (Å²) in [5.41, 5.74) is 4.70. The largest absolute Gasteiger partial charge is 0.495 e. The molecule has 2 amide bonds. The Bertz CT molecular complexity index is 1110. The lowest BCUT2D eigenvalue weighted by atomic mass is 10.2. The SMILES string of the molecule is COc1ccccc1NC(=O)COc1ccc(/C=N/NC(=O)COc2ccccc2C)cc1. The van der Waals surface area contributed by atoms with Crippen molar-refractivity contribution in [2.45, 2.75) is 6.92 Å². The normalized spacial score (nSPS) is 10.5. The van der Waals surface area contributed by atoms with Gasteiger partial charge in [0.05, 0.1) is 19.0 Å². The number of para-hydroxylation sites is 3. The Morgan fingerprint density at radius 2 is 1.52 bits per heavy atom. The number of hydrogen-bond donors (Lipinski definition) is 2. The number of ether oxygens (including phenoxy) is 3. The molecule has 8 nitrogen and oxygen atoms in total. The van der Waals surface area contributed by atoms with Gasteiger partial charge >= 0.3 is 0 Å². The maximum absolute atomic E-state index is 12.1. The van der Waals surface area contributed by atoms with Crippen LogP contribution in [0.5, 0.6) is 17.2 Å². The summed E-state index contributed by atoms with van der Waals surface area (Å²) in [4.78, 5) is 24.0. The number of nitrogens with zero attached hydrogens (tertiary/aromatic N) is 1. The third-order valence-corrected chi connectivity index (χ3v) is 4.49. The molecular weight excluding hydrogens is 422 g/mol. The average molecular weight is 447 g/mol. The van der Waals surface area contributed by atoms with E-state index >= 15 is 0 Å². The molecule has 33 heavy (non-hydrogen) atoms. The van der Waals surface area contributed by atoms with E-state index in [1.165, 1.54) is 13.3 Å². The lowest BCUT2D eigenvalue weighted by Crippen LogP contribution is -2.24. The van der Waals surface area contributed by atoms with Gasteiger partial charge in [-0.2, -0.15) is 5.10 Å². The summed E-state index contributed by atoms with van der Waals surface area (Å²) in [6.07, 6.45) is 1.50. The second-order valence-corrected chi connectivity index (χ2v) is 6.95. The molecule has 0 unspecified atom stereocenters. The summed E-state index contributed by atoms with van der Waals surface area (Å²) in [5, 5.41) is 6.67. The van der Waals surface area contributed by atoms with Crippen LogP contribution in [0.15, 0.2) is 77.9 Å². The first-order valence-corrected chi connectivity index (χ1v) is 10.2. The van der Waals surface area contributed by atoms with Crippen LogP contribution in [-0.2, 0) is 9.59 Å². The van der Waals surface area contributed by atoms with Gasteiger partial charge in [-0.15, -0.1) is 0 Å². The lowest BCUT2D eigenvalue weighted by molar-refractivity contribution is -0.123. The number of carbonyl (C=O) groups excluding carboxylic acids is 2. The van der Waals surface area contributed by atoms with Crippen LogP contribution >= 0.6 is 0 Å². The van der Waals surface area contributed by atoms with Gasteiger partial charge in [0.1, 0.15) is 17.2 Å². The summed E-state index contributed by atoms with van der Waals surface area (Å²) >= 11 is 0. The van der Waals surface area contributed by atoms with E-state index in [2.05, 4.69) is 15.8 Å². The van der Waals surface area contributed by atoms with Crippen LogP contribution in [0.4, 0.5) is 5.69 Å². The smallest absolute Gasteiger partial charge is 0.277 e. The minimum atomic E-state index is -0.365. The maximum atomic E-state index is 12.1. The van der Waals surface area contributed by atoms with Crippen LogP contribution in [0.3, 0.4) is 0 Å². The van der Waals surface area contributed by atoms with Crippen molar-refractivity contribution in [1.82, 2.24) is 5.43 Å². The summed E-state index contributed by atoms with van der Waals surface area (Å²) in [6.45, 7) is 1.62. The molecular formula is C25H25N3O5. The van der Waals surface area contributed by atoms with Gasteiger partial charge in [0.15, 0.2) is 13.2 Å². The zero-order valence-electron chi connectivity index (χ0n) is 18.4. The molecule has 0 aliphatic carbocycles. The van der Waals surface area contributed by atoms with E-state index in [1.54, 1.807) is 48.5 Å². The number of rotatable bonds is 10. The molecule has 0 saturated carbocycles. The van der Waals surface area contributed by atoms with Gasteiger partial charge in [0.2, 0.25) is 0 Å². The number of amides is 2. The van der Waals surface area contributed by atoms with Crippen LogP contribution in [0.1, 0.15) is 11.1 Å². The minimum absolute atomic E-state index is 0.133. The van der Waals surface area contributed by atoms with E-state index in [9.17, 15) is 9.59 Å². The van der Waals surface area contributed by atoms with Crippen molar-refractivity contribution in [3.8, 4) is 17.2 Å². The Labute approximate surface area is 192 Å². The van der Waals surface area contributed by atoms with Crippen molar-refractivity contribution in [3.63, 3.8) is 0 Å². The second kappa shape index (κ2) is 11.9. The first-order valence-electron chi connectivity index (χ1n) is 10.2. The zero-order valence-corrected chi connectivity index (χ0v) is 18.4. The topological polar surface area (TPSA) is 98.3 Å². The molecule has 0 aliphatic rings. The Hall–Kier alpha value is -4.33. The molecule has 0 bridgehead atoms. The van der Waals surface area contributed by atoms with Gasteiger partial charge < -0.3 is 19.5 Å². The standard InChI is InChI=1S/C25H25N3O5/c1-18-7-3-5-9-22(18)33-17-25(30)28-26-15-19-11-13-20(14-12-19)32-16-24(29)27-21-8-4-6-10-23(21)31-2/h3-15H,16-17H2,1-2H3,(H,27,29)(H,28,30)/b26-15+. The first kappa shape index (κ1) is 23.3. The van der Waals surface area contributed by atoms with Crippen molar-refractivity contribution >= 4 is 23.7 Å². The Morgan fingerprint density at radius 3 is 2.24 bits per heavy atom. The zero-order chi connectivity index (χ0) is 23.5. The summed E-state index contributed by atoms with van der Waals surface area (Å²) in [6, 6.07) is 21.5. The van der Waals surface area contributed by atoms with Crippen LogP contribution < -0.4 is 25.0 Å². The van der Waals surface area contributed by atoms with Gasteiger partial charge in [0.25, 0.3) is 11.8 Å². The number of nitrogens with one attached hydrogen (secondary N) is 2. The number of aryl methyl sites for hydroxylation is 1. The maximum Gasteiger partial charge on any atom is 0.277 e. The highest BCUT2D eigenvalue weighted by Gasteiger charge is 2.08. The van der Waals surface area contributed by atoms with Gasteiger partial charge in [-0.05, 0) is 60.5 Å². The fourth-order valence-corrected chi connectivity index (χ4v) is 2.81. The van der Waals surface area contributed by atoms with E-state index in [0.717, 1.165) is 11.1 Å². The molecule has 0 spiro atoms. The second-order valence-electron chi connectivity index (χ2n) is 6.95. The summed E-state index contributed by atoms with van der Waals surface area (Å²) in [5.74, 6) is 1.08. The lowest BCUT2D eigenvalue weighted by Gasteiger charge is -2.10. The Balaban J connectivity index is 1.41. The molecule has 2 N–H and O–H groups in total. The first-order chi connectivity index (χ1) is 16.0. The predicted molar refractivity (Wildman–Crippen MR) is 126 cm³/mol. The molecule has 0 heterocycles. The molecule has 0 radical (unpaired) electrons. The van der Waals surface area contributed by atoms with E-state index in [0.29, 0.717) is 22.9 Å². The fraction of sp³-hybridized carbons (Fsp3) is 0.160. The molecule has 170 valence electrons. The van der Waals surface area contributed by atoms with Crippen LogP contribution in [0, 0.1) is 6.92 Å². The van der Waals surface area contributed by atoms with Crippen LogP contribution in [-0.4, -0.2) is 38.4 Å². The van der Waals surface area contributed by atoms with E-state index in [4.69, 9.17) is 14.2 Å². The molecule has 0 saturated heterocycles. The molecule has 3 aromatic carbocycles. The van der Waals surface area contributed by atoms with Crippen LogP contribution in [0.2, 0.25) is 0 Å². The highest BCUT2D eigenvalue weighted by Crippen LogP contribution is 2.23. The Morgan fingerprint density at radius 1 is 0.848 bits per heavy atom. The average Bonchev–Trinajstić information content (AvgIpc) is 2.83. The third kappa shape index (κ3) is 7.39. The van der Waals surface area contributed by atoms with Gasteiger partial charge in [-0.1, -0.05) is 30.3 Å². The molecule has 3 rings (SSSR count). The molecule has 3 aromatic rings. The molecule has 8 heteroatoms. The van der Waals surface area contributed by atoms with E-state index < -0.39 is 0 Å². The monoisotopic (exact) mass is 447 g/mol. The number of hydrazone groups is 1. The molecule has 0 atom stereocenters. The summed E-state index contributed by atoms with van der Waals surface area (Å²) < 4.78 is 16.2. The number of carbonyl (C=O) groups is 2. The van der Waals surface area contributed by atoms with Crippen molar-refractivity contribution in [1.29, 1.82) is 0 Å². The quantitative estimate of drug-likeness (QED) is 0.366. The number of methoxy groups -OCH3 is 1. The molecule has 0 fully saturated rings. The predicted octanol–water partition coefficient (Wildman–Crippen LogP) is 3.55. The van der Waals surface area contributed by atoms with Crippen molar-refractivity contribution in [3.05, 3.63) is 83.9 Å². The summed E-state index contributed by atoms with van der Waals surface area (Å²) in [7, 11) is 1.54. The number of anilines is 1. The number of benzene rings is 3. The van der Waals surface area contributed by atoms with E-state index in [-0.39, 0.29) is 25.0 Å². The van der Waals surface area contributed by atoms with Crippen LogP contribution in [0.25, 0.3) is 0 Å². The third-order valence-electron chi connectivity index (χ3n) is 4.49. The van der Waals surface area contributed by atoms with Crippen molar-refractivity contribution < 1.29 is 23.8 Å². The molecule has 0 aliphatic heterocycles. The van der Waals surface area contributed by atoms with Gasteiger partial charge in [-0.3, -0.25) is 9.59 Å². The van der Waals surface area contributed by atoms with Crippen molar-refractivity contribution in [2.75, 3.05) is 25.6 Å². The van der Waals surface area contributed by atoms with E-state index in [1.807, 2.05) is 31.2 Å². The highest BCUT2D eigenvalue weighted by molar-refractivity contribution is 5.93. The minimum Gasteiger partial charge on any atom is -0.495 e. The van der Waals surface area contributed by atoms with Gasteiger partial charge in [-0.25, -0.2) is 5.43 Å².